The topological polar surface area (TPSA) is 40.5 Å². The van der Waals surface area contributed by atoms with Crippen LogP contribution in [-0.2, 0) is 12.8 Å². The van der Waals surface area contributed by atoms with Gasteiger partial charge in [0.15, 0.2) is 0 Å². The van der Waals surface area contributed by atoms with Gasteiger partial charge in [0, 0.05) is 30.8 Å². The molecule has 5 rings (SSSR count). The number of fused-ring (bicyclic) bond motifs is 1. The number of rotatable bonds is 9. The van der Waals surface area contributed by atoms with E-state index in [1.807, 2.05) is 12.1 Å². The maximum atomic E-state index is 15.3. The van der Waals surface area contributed by atoms with Crippen LogP contribution in [0.4, 0.5) is 17.6 Å². The van der Waals surface area contributed by atoms with Gasteiger partial charge in [0.05, 0.1) is 12.2 Å². The minimum absolute atomic E-state index is 0.195. The highest BCUT2D eigenvalue weighted by molar-refractivity contribution is 6.00. The van der Waals surface area contributed by atoms with Crippen LogP contribution in [0.15, 0.2) is 60.7 Å². The van der Waals surface area contributed by atoms with Crippen LogP contribution in [0, 0.1) is 11.7 Å². The second kappa shape index (κ2) is 11.7. The number of aromatic carboxylic acids is 1. The molecule has 0 saturated carbocycles. The van der Waals surface area contributed by atoms with Gasteiger partial charge < -0.3 is 10.0 Å². The van der Waals surface area contributed by atoms with Crippen LogP contribution in [0.5, 0.6) is 0 Å². The molecule has 204 valence electrons. The molecular formula is C32H31F4NO2. The number of hydrogen-bond acceptors (Lipinski definition) is 2. The third kappa shape index (κ3) is 5.93. The summed E-state index contributed by atoms with van der Waals surface area (Å²) in [5.41, 5.74) is 5.41. The first-order valence-electron chi connectivity index (χ1n) is 13.4. The minimum Gasteiger partial charge on any atom is -0.478 e. The molecule has 7 heteroatoms. The summed E-state index contributed by atoms with van der Waals surface area (Å²) in [4.78, 5) is 13.9. The normalized spacial score (nSPS) is 16.2. The fraction of sp³-hybridized carbons (Fsp3) is 0.344. The Morgan fingerprint density at radius 3 is 2.38 bits per heavy atom. The zero-order valence-electron chi connectivity index (χ0n) is 21.6. The maximum Gasteiger partial charge on any atom is 0.335 e. The largest absolute Gasteiger partial charge is 0.478 e. The third-order valence-electron chi connectivity index (χ3n) is 7.77. The lowest BCUT2D eigenvalue weighted by Gasteiger charge is -2.39. The summed E-state index contributed by atoms with van der Waals surface area (Å²) in [6.45, 7) is 2.43. The number of carboxylic acid groups (broad SMARTS) is 1. The van der Waals surface area contributed by atoms with Crippen molar-refractivity contribution in [2.45, 2.75) is 38.5 Å². The van der Waals surface area contributed by atoms with Crippen molar-refractivity contribution in [3.05, 3.63) is 105 Å². The van der Waals surface area contributed by atoms with Crippen LogP contribution in [0.2, 0.25) is 0 Å². The fourth-order valence-corrected chi connectivity index (χ4v) is 5.84. The fourth-order valence-electron chi connectivity index (χ4n) is 5.84. The lowest BCUT2D eigenvalue weighted by molar-refractivity contribution is 0.0696. The molecule has 0 spiro atoms. The summed E-state index contributed by atoms with van der Waals surface area (Å²) < 4.78 is 54.1. The average molecular weight is 538 g/mol. The lowest BCUT2D eigenvalue weighted by atomic mass is 9.86. The minimum atomic E-state index is -2.76. The van der Waals surface area contributed by atoms with E-state index in [0.29, 0.717) is 31.6 Å². The van der Waals surface area contributed by atoms with Crippen molar-refractivity contribution < 1.29 is 27.5 Å². The van der Waals surface area contributed by atoms with E-state index in [1.54, 1.807) is 18.2 Å². The Kier molecular flexibility index (Phi) is 8.17. The van der Waals surface area contributed by atoms with Crippen LogP contribution in [-0.4, -0.2) is 42.3 Å². The molecule has 0 radical (unpaired) electrons. The number of alkyl halides is 3. The highest BCUT2D eigenvalue weighted by Crippen LogP contribution is 2.41. The summed E-state index contributed by atoms with van der Waals surface area (Å²) >= 11 is 0. The zero-order valence-corrected chi connectivity index (χ0v) is 21.6. The number of nitrogens with zero attached hydrogens (tertiary/aromatic N) is 1. The molecule has 1 heterocycles. The number of likely N-dealkylation sites (tertiary alicyclic amines) is 1. The molecule has 0 aromatic heterocycles. The molecule has 3 aromatic rings. The summed E-state index contributed by atoms with van der Waals surface area (Å²) in [5.74, 6) is -1.17. The van der Waals surface area contributed by atoms with E-state index in [0.717, 1.165) is 60.0 Å². The van der Waals surface area contributed by atoms with Crippen molar-refractivity contribution in [3.63, 3.8) is 0 Å². The number of hydrogen-bond donors (Lipinski definition) is 1. The van der Waals surface area contributed by atoms with Crippen molar-refractivity contribution in [1.82, 2.24) is 4.90 Å². The average Bonchev–Trinajstić information content (AvgIpc) is 3.09. The van der Waals surface area contributed by atoms with Gasteiger partial charge in [0.25, 0.3) is 6.43 Å². The monoisotopic (exact) mass is 537 g/mol. The van der Waals surface area contributed by atoms with Crippen LogP contribution in [0.3, 0.4) is 0 Å². The van der Waals surface area contributed by atoms with Gasteiger partial charge in [0.1, 0.15) is 5.82 Å². The van der Waals surface area contributed by atoms with E-state index < -0.39 is 18.2 Å². The molecule has 0 unspecified atom stereocenters. The molecule has 1 saturated heterocycles. The Hall–Kier alpha value is -3.45. The Morgan fingerprint density at radius 2 is 1.72 bits per heavy atom. The molecule has 3 nitrogen and oxygen atoms in total. The second-order valence-electron chi connectivity index (χ2n) is 10.5. The van der Waals surface area contributed by atoms with Gasteiger partial charge >= 0.3 is 5.97 Å². The van der Waals surface area contributed by atoms with E-state index >= 15 is 4.39 Å². The SMILES string of the molecule is O=C(O)c1ccc2c(c1)CCCC(c1ccc(C(F)F)cc1F)=C2c1ccc(CC2CN(CCCF)C2)cc1. The number of halogens is 4. The first kappa shape index (κ1) is 27.1. The molecule has 1 aliphatic heterocycles. The van der Waals surface area contributed by atoms with E-state index in [1.165, 1.54) is 17.7 Å². The molecule has 0 atom stereocenters. The van der Waals surface area contributed by atoms with Gasteiger partial charge in [-0.1, -0.05) is 42.5 Å². The molecule has 39 heavy (non-hydrogen) atoms. The first-order valence-corrected chi connectivity index (χ1v) is 13.4. The maximum absolute atomic E-state index is 15.3. The van der Waals surface area contributed by atoms with Gasteiger partial charge in [-0.05, 0) is 89.6 Å². The van der Waals surface area contributed by atoms with Gasteiger partial charge in [-0.15, -0.1) is 0 Å². The molecule has 1 aliphatic carbocycles. The summed E-state index contributed by atoms with van der Waals surface area (Å²) in [7, 11) is 0. The van der Waals surface area contributed by atoms with Crippen molar-refractivity contribution in [1.29, 1.82) is 0 Å². The third-order valence-corrected chi connectivity index (χ3v) is 7.77. The van der Waals surface area contributed by atoms with E-state index in [9.17, 15) is 23.1 Å². The van der Waals surface area contributed by atoms with Crippen LogP contribution in [0.25, 0.3) is 11.1 Å². The Morgan fingerprint density at radius 1 is 0.974 bits per heavy atom. The smallest absolute Gasteiger partial charge is 0.335 e. The molecule has 1 N–H and O–H groups in total. The van der Waals surface area contributed by atoms with E-state index in [-0.39, 0.29) is 23.4 Å². The number of carbonyl (C=O) groups is 1. The molecule has 2 aliphatic rings. The van der Waals surface area contributed by atoms with Crippen molar-refractivity contribution >= 4 is 17.1 Å². The summed E-state index contributed by atoms with van der Waals surface area (Å²) in [6.07, 6.45) is 0.545. The summed E-state index contributed by atoms with van der Waals surface area (Å²) in [5, 5.41) is 9.52. The molecular weight excluding hydrogens is 506 g/mol. The second-order valence-corrected chi connectivity index (χ2v) is 10.5. The predicted molar refractivity (Wildman–Crippen MR) is 144 cm³/mol. The zero-order chi connectivity index (χ0) is 27.5. The van der Waals surface area contributed by atoms with Gasteiger partial charge in [-0.3, -0.25) is 4.39 Å². The predicted octanol–water partition coefficient (Wildman–Crippen LogP) is 7.59. The van der Waals surface area contributed by atoms with E-state index in [2.05, 4.69) is 17.0 Å². The molecule has 0 amide bonds. The van der Waals surface area contributed by atoms with Crippen LogP contribution < -0.4 is 0 Å². The van der Waals surface area contributed by atoms with Crippen molar-refractivity contribution in [2.75, 3.05) is 26.3 Å². The quantitative estimate of drug-likeness (QED) is 0.286. The first-order chi connectivity index (χ1) is 18.8. The highest BCUT2D eigenvalue weighted by Gasteiger charge is 2.27. The van der Waals surface area contributed by atoms with Crippen LogP contribution in [0.1, 0.15) is 69.4 Å². The Bertz CT molecular complexity index is 1380. The van der Waals surface area contributed by atoms with Gasteiger partial charge in [-0.2, -0.15) is 0 Å². The van der Waals surface area contributed by atoms with E-state index in [4.69, 9.17) is 0 Å². The number of carboxylic acids is 1. The standard InChI is InChI=1S/C32H31F4NO2/c33-13-2-14-37-18-21(19-37)15-20-5-7-22(8-6-20)30-26-11-10-25(32(38)39)16-23(26)3-1-4-28(30)27-12-9-24(31(35)36)17-29(27)34/h5-12,16-17,21,31H,1-4,13-15,18-19H2,(H,38,39). The van der Waals surface area contributed by atoms with Crippen molar-refractivity contribution in [2.24, 2.45) is 5.92 Å². The van der Waals surface area contributed by atoms with Crippen molar-refractivity contribution in [3.8, 4) is 0 Å². The highest BCUT2D eigenvalue weighted by atomic mass is 19.3. The summed E-state index contributed by atoms with van der Waals surface area (Å²) in [6, 6.07) is 16.8. The lowest BCUT2D eigenvalue weighted by Crippen LogP contribution is -2.47. The number of aryl methyl sites for hydroxylation is 1. The number of benzene rings is 3. The molecule has 0 bridgehead atoms. The van der Waals surface area contributed by atoms with Gasteiger partial charge in [0.2, 0.25) is 0 Å². The van der Waals surface area contributed by atoms with Gasteiger partial charge in [-0.25, -0.2) is 18.0 Å². The number of allylic oxidation sites excluding steroid dienone is 1. The van der Waals surface area contributed by atoms with Crippen LogP contribution >= 0.6 is 0 Å². The Labute approximate surface area is 225 Å². The molecule has 3 aromatic carbocycles. The Balaban J connectivity index is 1.52. The molecule has 1 fully saturated rings.